The summed E-state index contributed by atoms with van der Waals surface area (Å²) in [7, 11) is 1.71. The van der Waals surface area contributed by atoms with Gasteiger partial charge in [-0.05, 0) is 25.1 Å². The van der Waals surface area contributed by atoms with Crippen molar-refractivity contribution >= 4 is 0 Å². The van der Waals surface area contributed by atoms with Crippen molar-refractivity contribution in [3.8, 4) is 11.8 Å². The monoisotopic (exact) mass is 213 g/mol. The van der Waals surface area contributed by atoms with Gasteiger partial charge in [0, 0.05) is 18.9 Å². The van der Waals surface area contributed by atoms with Crippen molar-refractivity contribution in [1.82, 2.24) is 9.13 Å². The first kappa shape index (κ1) is 10.2. The minimum absolute atomic E-state index is 0.104. The molecule has 2 rings (SSSR count). The number of aryl methyl sites for hydroxylation is 2. The van der Waals surface area contributed by atoms with Crippen molar-refractivity contribution in [3.63, 3.8) is 0 Å². The van der Waals surface area contributed by atoms with Gasteiger partial charge in [-0.2, -0.15) is 5.26 Å². The summed E-state index contributed by atoms with van der Waals surface area (Å²) in [5.74, 6) is 0. The summed E-state index contributed by atoms with van der Waals surface area (Å²) >= 11 is 0. The van der Waals surface area contributed by atoms with Crippen LogP contribution >= 0.6 is 0 Å². The van der Waals surface area contributed by atoms with Gasteiger partial charge in [0.2, 0.25) is 0 Å². The number of hydrogen-bond acceptors (Lipinski definition) is 2. The molecular formula is C12H11N3O. The van der Waals surface area contributed by atoms with Gasteiger partial charge in [0.15, 0.2) is 0 Å². The predicted molar refractivity (Wildman–Crippen MR) is 60.5 cm³/mol. The van der Waals surface area contributed by atoms with E-state index in [-0.39, 0.29) is 5.69 Å². The molecule has 1 heterocycles. The number of nitriles is 1. The summed E-state index contributed by atoms with van der Waals surface area (Å²) in [6, 6.07) is 9.06. The summed E-state index contributed by atoms with van der Waals surface area (Å²) in [4.78, 5) is 11.8. The second-order valence-electron chi connectivity index (χ2n) is 3.66. The van der Waals surface area contributed by atoms with Gasteiger partial charge in [-0.3, -0.25) is 4.57 Å². The molecule has 1 aromatic heterocycles. The van der Waals surface area contributed by atoms with E-state index >= 15 is 0 Å². The van der Waals surface area contributed by atoms with E-state index in [2.05, 4.69) is 6.07 Å². The summed E-state index contributed by atoms with van der Waals surface area (Å²) in [5.41, 5.74) is 2.02. The fourth-order valence-corrected chi connectivity index (χ4v) is 1.73. The highest BCUT2D eigenvalue weighted by Gasteiger charge is 2.07. The summed E-state index contributed by atoms with van der Waals surface area (Å²) in [5, 5.41) is 8.81. The Morgan fingerprint density at radius 3 is 2.69 bits per heavy atom. The summed E-state index contributed by atoms with van der Waals surface area (Å²) in [6.45, 7) is 1.86. The van der Waals surface area contributed by atoms with Crippen molar-refractivity contribution in [1.29, 1.82) is 5.26 Å². The minimum atomic E-state index is -0.104. The Labute approximate surface area is 93.0 Å². The fourth-order valence-electron chi connectivity index (χ4n) is 1.73. The molecule has 0 aliphatic rings. The Morgan fingerprint density at radius 1 is 1.38 bits per heavy atom. The quantitative estimate of drug-likeness (QED) is 0.718. The van der Waals surface area contributed by atoms with Gasteiger partial charge in [0.25, 0.3) is 0 Å². The molecule has 0 radical (unpaired) electrons. The SMILES string of the molecule is Cc1cn(C)c(=O)n1-c1cccc(C#N)c1. The molecule has 0 saturated heterocycles. The molecule has 0 saturated carbocycles. The van der Waals surface area contributed by atoms with Gasteiger partial charge in [0.05, 0.1) is 17.3 Å². The molecule has 4 heteroatoms. The molecule has 0 atom stereocenters. The van der Waals surface area contributed by atoms with Gasteiger partial charge in [0.1, 0.15) is 0 Å². The second kappa shape index (κ2) is 3.70. The predicted octanol–water partition coefficient (Wildman–Crippen LogP) is 1.36. The van der Waals surface area contributed by atoms with Crippen molar-refractivity contribution < 1.29 is 0 Å². The van der Waals surface area contributed by atoms with Crippen LogP contribution in [0.1, 0.15) is 11.3 Å². The van der Waals surface area contributed by atoms with Crippen LogP contribution in [0, 0.1) is 18.3 Å². The maximum absolute atomic E-state index is 11.8. The first-order valence-electron chi connectivity index (χ1n) is 4.89. The second-order valence-corrected chi connectivity index (χ2v) is 3.66. The van der Waals surface area contributed by atoms with Crippen LogP contribution in [0.3, 0.4) is 0 Å². The Hall–Kier alpha value is -2.28. The van der Waals surface area contributed by atoms with Gasteiger partial charge >= 0.3 is 5.69 Å². The Bertz CT molecular complexity index is 628. The Kier molecular flexibility index (Phi) is 2.37. The van der Waals surface area contributed by atoms with E-state index < -0.39 is 0 Å². The van der Waals surface area contributed by atoms with Crippen LogP contribution in [0.15, 0.2) is 35.3 Å². The first-order valence-corrected chi connectivity index (χ1v) is 4.89. The Morgan fingerprint density at radius 2 is 2.12 bits per heavy atom. The van der Waals surface area contributed by atoms with E-state index in [1.54, 1.807) is 36.0 Å². The van der Waals surface area contributed by atoms with E-state index in [4.69, 9.17) is 5.26 Å². The van der Waals surface area contributed by atoms with Gasteiger partial charge in [-0.1, -0.05) is 6.07 Å². The molecular weight excluding hydrogens is 202 g/mol. The number of nitrogens with zero attached hydrogens (tertiary/aromatic N) is 3. The molecule has 0 aliphatic carbocycles. The van der Waals surface area contributed by atoms with Crippen molar-refractivity contribution in [2.45, 2.75) is 6.92 Å². The van der Waals surface area contributed by atoms with Crippen molar-refractivity contribution in [3.05, 3.63) is 52.2 Å². The molecule has 0 fully saturated rings. The number of aromatic nitrogens is 2. The number of rotatable bonds is 1. The van der Waals surface area contributed by atoms with Gasteiger partial charge in [-0.15, -0.1) is 0 Å². The fraction of sp³-hybridized carbons (Fsp3) is 0.167. The molecule has 16 heavy (non-hydrogen) atoms. The topological polar surface area (TPSA) is 50.7 Å². The smallest absolute Gasteiger partial charge is 0.302 e. The van der Waals surface area contributed by atoms with Crippen molar-refractivity contribution in [2.75, 3.05) is 0 Å². The maximum Gasteiger partial charge on any atom is 0.332 e. The molecule has 80 valence electrons. The molecule has 0 N–H and O–H groups in total. The van der Waals surface area contributed by atoms with Crippen molar-refractivity contribution in [2.24, 2.45) is 7.05 Å². The van der Waals surface area contributed by atoms with Crippen LogP contribution in [0.25, 0.3) is 5.69 Å². The van der Waals surface area contributed by atoms with E-state index in [9.17, 15) is 4.79 Å². The average Bonchev–Trinajstić information content (AvgIpc) is 2.53. The zero-order valence-electron chi connectivity index (χ0n) is 9.14. The summed E-state index contributed by atoms with van der Waals surface area (Å²) < 4.78 is 3.11. The highest BCUT2D eigenvalue weighted by atomic mass is 16.1. The van der Waals surface area contributed by atoms with E-state index in [1.807, 2.05) is 13.0 Å². The third kappa shape index (κ3) is 1.52. The lowest BCUT2D eigenvalue weighted by Crippen LogP contribution is -2.21. The lowest BCUT2D eigenvalue weighted by atomic mass is 10.2. The van der Waals surface area contributed by atoms with Crippen LogP contribution in [-0.4, -0.2) is 9.13 Å². The molecule has 4 nitrogen and oxygen atoms in total. The van der Waals surface area contributed by atoms with Crippen LogP contribution in [0.5, 0.6) is 0 Å². The third-order valence-corrected chi connectivity index (χ3v) is 2.46. The molecule has 0 amide bonds. The van der Waals surface area contributed by atoms with Crippen LogP contribution < -0.4 is 5.69 Å². The zero-order valence-corrected chi connectivity index (χ0v) is 9.14. The normalized spacial score (nSPS) is 10.1. The van der Waals surface area contributed by atoms with E-state index in [0.29, 0.717) is 5.56 Å². The number of benzene rings is 1. The van der Waals surface area contributed by atoms with Crippen LogP contribution in [-0.2, 0) is 7.05 Å². The lowest BCUT2D eigenvalue weighted by molar-refractivity contribution is 0.821. The largest absolute Gasteiger partial charge is 0.332 e. The molecule has 0 bridgehead atoms. The van der Waals surface area contributed by atoms with Crippen LogP contribution in [0.4, 0.5) is 0 Å². The number of imidazole rings is 1. The first-order chi connectivity index (χ1) is 7.63. The zero-order chi connectivity index (χ0) is 11.7. The minimum Gasteiger partial charge on any atom is -0.302 e. The highest BCUT2D eigenvalue weighted by Crippen LogP contribution is 2.10. The lowest BCUT2D eigenvalue weighted by Gasteiger charge is -2.03. The number of hydrogen-bond donors (Lipinski definition) is 0. The maximum atomic E-state index is 11.8. The van der Waals surface area contributed by atoms with Gasteiger partial charge < -0.3 is 4.57 Å². The van der Waals surface area contributed by atoms with Crippen LogP contribution in [0.2, 0.25) is 0 Å². The highest BCUT2D eigenvalue weighted by molar-refractivity contribution is 5.42. The third-order valence-electron chi connectivity index (χ3n) is 2.46. The average molecular weight is 213 g/mol. The standard InChI is InChI=1S/C12H11N3O/c1-9-8-14(2)12(16)15(9)11-5-3-4-10(6-11)7-13/h3-6,8H,1-2H3. The summed E-state index contributed by atoms with van der Waals surface area (Å²) in [6.07, 6.45) is 1.77. The van der Waals surface area contributed by atoms with Gasteiger partial charge in [-0.25, -0.2) is 4.79 Å². The molecule has 2 aromatic rings. The molecule has 1 aromatic carbocycles. The van der Waals surface area contributed by atoms with E-state index in [1.165, 1.54) is 4.57 Å². The molecule has 0 aliphatic heterocycles. The molecule has 0 unspecified atom stereocenters. The van der Waals surface area contributed by atoms with E-state index in [0.717, 1.165) is 11.4 Å². The Balaban J connectivity index is 2.68. The molecule has 0 spiro atoms.